The molecule has 2 aliphatic rings. The minimum atomic E-state index is -4.55. The van der Waals surface area contributed by atoms with Gasteiger partial charge < -0.3 is 10.2 Å². The fourth-order valence-electron chi connectivity index (χ4n) is 4.42. The highest BCUT2D eigenvalue weighted by Crippen LogP contribution is 2.35. The monoisotopic (exact) mass is 484 g/mol. The second-order valence-electron chi connectivity index (χ2n) is 8.34. The smallest absolute Gasteiger partial charge is 0.349 e. The lowest BCUT2D eigenvalue weighted by atomic mass is 9.85. The van der Waals surface area contributed by atoms with Crippen LogP contribution in [-0.4, -0.2) is 24.4 Å². The van der Waals surface area contributed by atoms with E-state index in [0.29, 0.717) is 30.8 Å². The molecule has 32 heavy (non-hydrogen) atoms. The molecule has 0 unspecified atom stereocenters. The van der Waals surface area contributed by atoms with Crippen LogP contribution in [0.3, 0.4) is 0 Å². The summed E-state index contributed by atoms with van der Waals surface area (Å²) in [5.41, 5.74) is 0.738. The summed E-state index contributed by atoms with van der Waals surface area (Å²) in [5, 5.41) is 3.38. The van der Waals surface area contributed by atoms with E-state index in [9.17, 15) is 22.8 Å². The summed E-state index contributed by atoms with van der Waals surface area (Å²) >= 11 is 12.1. The number of amides is 2. The molecule has 0 atom stereocenters. The Labute approximate surface area is 193 Å². The van der Waals surface area contributed by atoms with Crippen molar-refractivity contribution in [1.29, 1.82) is 0 Å². The van der Waals surface area contributed by atoms with Crippen molar-refractivity contribution >= 4 is 40.7 Å². The molecule has 0 spiro atoms. The first-order valence-corrected chi connectivity index (χ1v) is 11.1. The maximum atomic E-state index is 13.0. The van der Waals surface area contributed by atoms with Crippen LogP contribution in [0, 0.1) is 5.92 Å². The predicted octanol–water partition coefficient (Wildman–Crippen LogP) is 5.89. The topological polar surface area (TPSA) is 49.4 Å². The van der Waals surface area contributed by atoms with Crippen LogP contribution in [0.15, 0.2) is 36.4 Å². The van der Waals surface area contributed by atoms with E-state index < -0.39 is 17.6 Å². The average molecular weight is 485 g/mol. The van der Waals surface area contributed by atoms with Crippen LogP contribution in [0.2, 0.25) is 10.0 Å². The van der Waals surface area contributed by atoms with Gasteiger partial charge in [0.1, 0.15) is 0 Å². The normalized spacial score (nSPS) is 20.9. The van der Waals surface area contributed by atoms with E-state index >= 15 is 0 Å². The molecule has 4 rings (SSSR count). The van der Waals surface area contributed by atoms with Crippen molar-refractivity contribution in [2.45, 2.75) is 44.3 Å². The molecule has 170 valence electrons. The number of anilines is 1. The molecule has 1 aliphatic heterocycles. The third-order valence-electron chi connectivity index (χ3n) is 6.14. The standard InChI is InChI=1S/C23H21Cl2F3N2O2/c24-16-5-3-14-9-21(31)30(20(14)11-16)12-13-1-6-17(7-2-13)29-22(32)18-10-15(23(26,27)28)4-8-19(18)25/h3-5,8,10-11,13,17H,1-2,6-7,9,12H2,(H,29,32)/t13-,17-. The zero-order chi connectivity index (χ0) is 23.0. The zero-order valence-corrected chi connectivity index (χ0v) is 18.5. The van der Waals surface area contributed by atoms with Crippen LogP contribution in [-0.2, 0) is 17.4 Å². The van der Waals surface area contributed by atoms with Crippen molar-refractivity contribution in [2.24, 2.45) is 5.92 Å². The van der Waals surface area contributed by atoms with E-state index in [4.69, 9.17) is 23.2 Å². The van der Waals surface area contributed by atoms with E-state index in [-0.39, 0.29) is 28.5 Å². The first-order chi connectivity index (χ1) is 15.1. The van der Waals surface area contributed by atoms with Crippen molar-refractivity contribution in [3.63, 3.8) is 0 Å². The number of hydrogen-bond acceptors (Lipinski definition) is 2. The van der Waals surface area contributed by atoms with Gasteiger partial charge in [-0.05, 0) is 67.5 Å². The molecule has 1 fully saturated rings. The SMILES string of the molecule is O=C(N[C@H]1CC[C@H](CN2C(=O)Cc3ccc(Cl)cc32)CC1)c1cc(C(F)(F)F)ccc1Cl. The highest BCUT2D eigenvalue weighted by molar-refractivity contribution is 6.33. The molecule has 4 nitrogen and oxygen atoms in total. The molecule has 1 N–H and O–H groups in total. The molecule has 0 radical (unpaired) electrons. The number of carbonyl (C=O) groups excluding carboxylic acids is 2. The van der Waals surface area contributed by atoms with Crippen LogP contribution in [0.25, 0.3) is 0 Å². The lowest BCUT2D eigenvalue weighted by Crippen LogP contribution is -2.40. The molecular formula is C23H21Cl2F3N2O2. The van der Waals surface area contributed by atoms with E-state index in [2.05, 4.69) is 5.32 Å². The van der Waals surface area contributed by atoms with Crippen molar-refractivity contribution < 1.29 is 22.8 Å². The van der Waals surface area contributed by atoms with Crippen LogP contribution in [0.4, 0.5) is 18.9 Å². The average Bonchev–Trinajstić information content (AvgIpc) is 3.03. The number of fused-ring (bicyclic) bond motifs is 1. The van der Waals surface area contributed by atoms with Crippen molar-refractivity contribution in [2.75, 3.05) is 11.4 Å². The van der Waals surface area contributed by atoms with Crippen molar-refractivity contribution in [1.82, 2.24) is 5.32 Å². The van der Waals surface area contributed by atoms with Gasteiger partial charge in [-0.2, -0.15) is 13.2 Å². The van der Waals surface area contributed by atoms with Crippen molar-refractivity contribution in [3.05, 3.63) is 63.1 Å². The number of nitrogens with zero attached hydrogens (tertiary/aromatic N) is 1. The summed E-state index contributed by atoms with van der Waals surface area (Å²) in [4.78, 5) is 26.8. The van der Waals surface area contributed by atoms with Crippen molar-refractivity contribution in [3.8, 4) is 0 Å². The summed E-state index contributed by atoms with van der Waals surface area (Å²) in [7, 11) is 0. The Morgan fingerprint density at radius 1 is 1.06 bits per heavy atom. The fourth-order valence-corrected chi connectivity index (χ4v) is 4.79. The molecular weight excluding hydrogens is 464 g/mol. The molecule has 1 saturated carbocycles. The minimum Gasteiger partial charge on any atom is -0.349 e. The molecule has 1 heterocycles. The number of hydrogen-bond donors (Lipinski definition) is 1. The summed E-state index contributed by atoms with van der Waals surface area (Å²) in [5.74, 6) is -0.283. The number of rotatable bonds is 4. The molecule has 0 aromatic heterocycles. The molecule has 0 bridgehead atoms. The number of halogens is 5. The molecule has 0 saturated heterocycles. The van der Waals surface area contributed by atoms with Gasteiger partial charge in [0, 0.05) is 23.3 Å². The number of benzene rings is 2. The Morgan fingerprint density at radius 3 is 2.47 bits per heavy atom. The Bertz CT molecular complexity index is 1050. The minimum absolute atomic E-state index is 0.0194. The lowest BCUT2D eigenvalue weighted by molar-refractivity contribution is -0.137. The van der Waals surface area contributed by atoms with Crippen LogP contribution < -0.4 is 10.2 Å². The Balaban J connectivity index is 1.35. The van der Waals surface area contributed by atoms with Gasteiger partial charge in [-0.25, -0.2) is 0 Å². The fraction of sp³-hybridized carbons (Fsp3) is 0.391. The maximum Gasteiger partial charge on any atom is 0.416 e. The summed E-state index contributed by atoms with van der Waals surface area (Å²) < 4.78 is 38.9. The highest BCUT2D eigenvalue weighted by Gasteiger charge is 2.33. The highest BCUT2D eigenvalue weighted by atomic mass is 35.5. The second-order valence-corrected chi connectivity index (χ2v) is 9.18. The van der Waals surface area contributed by atoms with Gasteiger partial charge in [0.25, 0.3) is 5.91 Å². The van der Waals surface area contributed by atoms with Gasteiger partial charge in [0.2, 0.25) is 5.91 Å². The molecule has 1 aliphatic carbocycles. The van der Waals surface area contributed by atoms with E-state index in [1.807, 2.05) is 12.1 Å². The van der Waals surface area contributed by atoms with Crippen LogP contribution >= 0.6 is 23.2 Å². The quantitative estimate of drug-likeness (QED) is 0.587. The first-order valence-electron chi connectivity index (χ1n) is 10.4. The first kappa shape index (κ1) is 22.9. The summed E-state index contributed by atoms with van der Waals surface area (Å²) in [6.45, 7) is 0.590. The number of carbonyl (C=O) groups is 2. The van der Waals surface area contributed by atoms with Crippen LogP contribution in [0.1, 0.15) is 47.2 Å². The Kier molecular flexibility index (Phi) is 6.41. The van der Waals surface area contributed by atoms with Gasteiger partial charge in [-0.3, -0.25) is 9.59 Å². The summed E-state index contributed by atoms with van der Waals surface area (Å²) in [6.07, 6.45) is -1.24. The van der Waals surface area contributed by atoms with Gasteiger partial charge in [0.05, 0.1) is 22.6 Å². The largest absolute Gasteiger partial charge is 0.416 e. The number of alkyl halides is 3. The van der Waals surface area contributed by atoms with Crippen LogP contribution in [0.5, 0.6) is 0 Å². The van der Waals surface area contributed by atoms with Gasteiger partial charge >= 0.3 is 6.18 Å². The molecule has 9 heteroatoms. The predicted molar refractivity (Wildman–Crippen MR) is 117 cm³/mol. The lowest BCUT2D eigenvalue weighted by Gasteiger charge is -2.32. The van der Waals surface area contributed by atoms with E-state index in [1.54, 1.807) is 11.0 Å². The second kappa shape index (κ2) is 8.94. The maximum absolute atomic E-state index is 13.0. The van der Waals surface area contributed by atoms with E-state index in [1.165, 1.54) is 0 Å². The van der Waals surface area contributed by atoms with Gasteiger partial charge in [0.15, 0.2) is 0 Å². The third kappa shape index (κ3) is 4.89. The summed E-state index contributed by atoms with van der Waals surface area (Å²) in [6, 6.07) is 8.04. The van der Waals surface area contributed by atoms with Gasteiger partial charge in [-0.1, -0.05) is 29.3 Å². The van der Waals surface area contributed by atoms with E-state index in [0.717, 1.165) is 42.3 Å². The Hall–Kier alpha value is -2.25. The number of nitrogens with one attached hydrogen (secondary N) is 1. The Morgan fingerprint density at radius 2 is 1.78 bits per heavy atom. The molecule has 2 amide bonds. The molecule has 2 aromatic carbocycles. The molecule has 2 aromatic rings. The zero-order valence-electron chi connectivity index (χ0n) is 17.0. The van der Waals surface area contributed by atoms with Gasteiger partial charge in [-0.15, -0.1) is 0 Å². The third-order valence-corrected chi connectivity index (χ3v) is 6.71.